The molecule has 0 radical (unpaired) electrons. The smallest absolute Gasteiger partial charge is 0.374 e. The number of aliphatic imine (C=N–C) groups is 1. The molecule has 0 saturated carbocycles. The Balaban J connectivity index is 0.000000162. The molecule has 4 fully saturated rings. The number of amides is 7. The number of rotatable bonds is 16. The first-order valence-electron chi connectivity index (χ1n) is 40.2. The molecule has 0 bridgehead atoms. The van der Waals surface area contributed by atoms with Gasteiger partial charge in [0.1, 0.15) is 23.5 Å². The lowest BCUT2D eigenvalue weighted by atomic mass is 9.98. The highest BCUT2D eigenvalue weighted by atomic mass is 127. The Morgan fingerprint density at radius 2 is 0.795 bits per heavy atom. The van der Waals surface area contributed by atoms with E-state index in [1.165, 1.54) is 62.4 Å². The van der Waals surface area contributed by atoms with Gasteiger partial charge in [-0.25, -0.2) is 27.3 Å². The summed E-state index contributed by atoms with van der Waals surface area (Å²) in [6.45, 7) is 1.87. The van der Waals surface area contributed by atoms with Crippen molar-refractivity contribution in [3.63, 3.8) is 0 Å². The van der Waals surface area contributed by atoms with Crippen molar-refractivity contribution in [2.24, 2.45) is 16.5 Å². The van der Waals surface area contributed by atoms with E-state index in [0.29, 0.717) is 104 Å². The van der Waals surface area contributed by atoms with Crippen molar-refractivity contribution in [2.45, 2.75) is 131 Å². The van der Waals surface area contributed by atoms with Gasteiger partial charge in [0, 0.05) is 111 Å². The molecule has 7 heterocycles. The van der Waals surface area contributed by atoms with Gasteiger partial charge >= 0.3 is 29.7 Å². The maximum absolute atomic E-state index is 13.7. The molecular weight excluding hydrogens is 1930 g/mol. The Hall–Kier alpha value is -12.4. The molecule has 2 aromatic heterocycles. The lowest BCUT2D eigenvalue weighted by Crippen LogP contribution is -2.46. The summed E-state index contributed by atoms with van der Waals surface area (Å²) in [6, 6.07) is 57.9. The number of nitrogens with two attached hydrogens (primary N) is 2. The summed E-state index contributed by atoms with van der Waals surface area (Å²) in [7, 11) is 1.50. The summed E-state index contributed by atoms with van der Waals surface area (Å²) >= 11 is 26.4. The molecule has 1 unspecified atom stereocenters. The fourth-order valence-corrected chi connectivity index (χ4v) is 16.1. The summed E-state index contributed by atoms with van der Waals surface area (Å²) in [5, 5.41) is 32.0. The van der Waals surface area contributed by atoms with E-state index >= 15 is 0 Å². The Morgan fingerprint density at radius 3 is 1.17 bits per heavy atom. The monoisotopic (exact) mass is 2010 g/mol. The van der Waals surface area contributed by atoms with Crippen molar-refractivity contribution in [2.75, 3.05) is 16.8 Å². The molecule has 4 saturated heterocycles. The van der Waals surface area contributed by atoms with Gasteiger partial charge in [-0.3, -0.25) is 38.6 Å². The molecule has 132 heavy (non-hydrogen) atoms. The lowest BCUT2D eigenvalue weighted by Gasteiger charge is -2.30. The maximum Gasteiger partial charge on any atom is 0.374 e. The number of halogens is 16. The number of hydrogen-bond acceptors (Lipinski definition) is 13. The van der Waals surface area contributed by atoms with Gasteiger partial charge in [0.25, 0.3) is 17.7 Å². The molecule has 690 valence electrons. The largest absolute Gasteiger partial charge is 0.477 e. The van der Waals surface area contributed by atoms with Gasteiger partial charge in [-0.15, -0.1) is 0 Å². The third kappa shape index (κ3) is 25.3. The van der Waals surface area contributed by atoms with Crippen molar-refractivity contribution in [1.82, 2.24) is 46.1 Å². The van der Waals surface area contributed by atoms with Gasteiger partial charge in [0.15, 0.2) is 0 Å². The Labute approximate surface area is 781 Å². The predicted molar refractivity (Wildman–Crippen MR) is 488 cm³/mol. The van der Waals surface area contributed by atoms with E-state index in [1.807, 2.05) is 24.4 Å². The SMILES string of the molecule is CC(F)(F)C(=O)N[C@@H]1CC(=O)N(c2ccc3c(cnn3-c3ccc(F)cc3)c2)[C@H]1c1cccc(Cl)c1.CC(F)(F)C(=O)N[C@H]1CC(=O)N(c2ccc3c(cnn3-c3ccc(F)cc3)c2)[C@@H]1c1cccc(Cl)c1.CC(F)(F)C(=O)N[C@H]1CC(=O)N[C@@H]1c1cccc(Cl)c1.CC(F)(F)C(=O)O.CN.Fc1ccc(C2N=Cc3cc(I)ccc32)cc1.N[C@H]1CC(=O)N[C@@H]1c1cccc(Cl)c1. The number of aliphatic carboxylic acids is 1. The number of carbonyl (C=O) groups excluding carboxylic acids is 7. The third-order valence-electron chi connectivity index (χ3n) is 20.9. The molecule has 39 heteroatoms. The van der Waals surface area contributed by atoms with Crippen LogP contribution in [-0.2, 0) is 38.4 Å². The molecule has 12 aromatic rings. The van der Waals surface area contributed by atoms with Crippen LogP contribution in [0.2, 0.25) is 20.1 Å². The van der Waals surface area contributed by atoms with Gasteiger partial charge in [0.05, 0.1) is 77.1 Å². The zero-order valence-corrected chi connectivity index (χ0v) is 75.3. The van der Waals surface area contributed by atoms with Crippen molar-refractivity contribution in [3.8, 4) is 11.4 Å². The van der Waals surface area contributed by atoms with Gasteiger partial charge in [-0.1, -0.05) is 113 Å². The normalized spacial score (nSPS) is 18.9. The van der Waals surface area contributed by atoms with Crippen LogP contribution in [0.5, 0.6) is 0 Å². The summed E-state index contributed by atoms with van der Waals surface area (Å²) in [6.07, 6.45) is 5.15. The van der Waals surface area contributed by atoms with Crippen LogP contribution < -0.4 is 47.9 Å². The minimum absolute atomic E-state index is 0.00229. The lowest BCUT2D eigenvalue weighted by molar-refractivity contribution is -0.162. The van der Waals surface area contributed by atoms with Crippen LogP contribution in [0.4, 0.5) is 59.7 Å². The van der Waals surface area contributed by atoms with Crippen LogP contribution in [0.1, 0.15) is 123 Å². The minimum Gasteiger partial charge on any atom is -0.477 e. The molecule has 23 nitrogen and oxygen atoms in total. The molecule has 17 rings (SSSR count). The molecule has 5 aliphatic rings. The van der Waals surface area contributed by atoms with Crippen molar-refractivity contribution in [1.29, 1.82) is 0 Å². The number of anilines is 2. The third-order valence-corrected chi connectivity index (χ3v) is 22.6. The van der Waals surface area contributed by atoms with E-state index in [4.69, 9.17) is 57.2 Å². The number of hydrogen-bond donors (Lipinski definition) is 8. The first kappa shape index (κ1) is 100. The van der Waals surface area contributed by atoms with Crippen molar-refractivity contribution < 1.29 is 91.8 Å². The van der Waals surface area contributed by atoms with Crippen molar-refractivity contribution >= 4 is 156 Å². The van der Waals surface area contributed by atoms with E-state index in [9.17, 15) is 86.7 Å². The summed E-state index contributed by atoms with van der Waals surface area (Å²) in [5.74, 6) is -22.6. The second-order valence-corrected chi connectivity index (χ2v) is 33.9. The number of carbonyl (C=O) groups is 8. The highest BCUT2D eigenvalue weighted by Crippen LogP contribution is 2.43. The molecule has 5 aliphatic heterocycles. The number of alkyl halides is 8. The quantitative estimate of drug-likeness (QED) is 0.0330. The number of nitrogens with zero attached hydrogens (tertiary/aromatic N) is 7. The Morgan fingerprint density at radius 1 is 0.439 bits per heavy atom. The van der Waals surface area contributed by atoms with E-state index in [2.05, 4.69) is 88.3 Å². The molecule has 10 aromatic carbocycles. The van der Waals surface area contributed by atoms with E-state index < -0.39 is 83.6 Å². The number of benzene rings is 10. The first-order chi connectivity index (χ1) is 62.3. The van der Waals surface area contributed by atoms with E-state index in [-0.39, 0.29) is 78.5 Å². The molecule has 0 spiro atoms. The second-order valence-electron chi connectivity index (χ2n) is 30.9. The number of carboxylic acids is 1. The van der Waals surface area contributed by atoms with Gasteiger partial charge in [0.2, 0.25) is 23.6 Å². The topological polar surface area (TPSA) is 323 Å². The molecule has 7 amide bonds. The average molecular weight is 2020 g/mol. The predicted octanol–water partition coefficient (Wildman–Crippen LogP) is 18.4. The van der Waals surface area contributed by atoms with Gasteiger partial charge < -0.3 is 53.0 Å². The van der Waals surface area contributed by atoms with Crippen molar-refractivity contribution in [3.05, 3.63) is 317 Å². The minimum atomic E-state index is -3.59. The van der Waals surface area contributed by atoms with Crippen LogP contribution in [0.3, 0.4) is 0 Å². The average Bonchev–Trinajstić information content (AvgIpc) is 1.61. The Kier molecular flexibility index (Phi) is 32.5. The van der Waals surface area contributed by atoms with E-state index in [0.717, 1.165) is 27.7 Å². The number of nitrogens with one attached hydrogen (secondary N) is 5. The van der Waals surface area contributed by atoms with E-state index in [1.54, 1.807) is 173 Å². The zero-order chi connectivity index (χ0) is 96.2. The maximum atomic E-state index is 13.7. The van der Waals surface area contributed by atoms with Crippen LogP contribution >= 0.6 is 69.0 Å². The number of carboxylic acid groups (broad SMARTS) is 1. The Bertz CT molecular complexity index is 6040. The highest BCUT2D eigenvalue weighted by Gasteiger charge is 2.48. The van der Waals surface area contributed by atoms with Crippen LogP contribution in [0.15, 0.2) is 242 Å². The second kappa shape index (κ2) is 42.9. The van der Waals surface area contributed by atoms with Gasteiger partial charge in [-0.05, 0) is 226 Å². The molecular formula is C93H82Cl4F11IN14O9. The molecule has 9 atom stereocenters. The fourth-order valence-electron chi connectivity index (χ4n) is 14.8. The van der Waals surface area contributed by atoms with Crippen LogP contribution in [-0.4, -0.2) is 133 Å². The highest BCUT2D eigenvalue weighted by molar-refractivity contribution is 14.1. The number of aromatic nitrogens is 4. The molecule has 0 aliphatic carbocycles. The standard InChI is InChI=1S/2C26H20ClF3N4O2.C14H9FIN.C13H13ClF2N2O2.C10H11ClN2O.C3H4F2O2.CH5N/c2*1-26(29,30)25(36)32-21-13-23(35)33(24(21)15-3-2-4-17(27)11-15)20-9-10-22-16(12-20)14-31-34(22)19-7-5-18(28)6-8-19;15-11-3-1-9(2-4-11)14-13-6-5-12(16)7-10(13)8-17-14;1-13(15,16)12(20)17-9-6-10(19)18-11(9)7-3-2-4-8(14)5-7;11-7-3-1-2-6(4-7)10-8(12)5-9(14)13-10;1-3(4,5)2(6)7;1-2/h2*2-12,14,21,24H,13H2,1H3,(H,32,36);1-8,14H;2-5,9,11H,6H2,1H3,(H,17,20)(H,18,19);1-4,8,10H,5,12H2,(H,13,14);1H3,(H,6,7);2H2,1H3/t2*21-,24+;;9-,11+;8-,10+;;/m10.00../s1. The number of fused-ring (bicyclic) bond motifs is 3. The molecule has 10 N–H and O–H groups in total. The van der Waals surface area contributed by atoms with Gasteiger partial charge in [-0.2, -0.15) is 45.3 Å². The summed E-state index contributed by atoms with van der Waals surface area (Å²) in [5.41, 5.74) is 20.3. The zero-order valence-electron chi connectivity index (χ0n) is 70.2. The van der Waals surface area contributed by atoms with Crippen LogP contribution in [0, 0.1) is 21.0 Å². The first-order valence-corrected chi connectivity index (χ1v) is 42.8. The summed E-state index contributed by atoms with van der Waals surface area (Å²) in [4.78, 5) is 101. The van der Waals surface area contributed by atoms with Crippen LogP contribution in [0.25, 0.3) is 33.2 Å². The summed E-state index contributed by atoms with van der Waals surface area (Å²) < 4.78 is 147. The fraction of sp³-hybridized carbons (Fsp3) is 0.237.